The fourth-order valence-electron chi connectivity index (χ4n) is 2.62. The topological polar surface area (TPSA) is 29.3 Å². The molecule has 0 amide bonds. The standard InChI is InChI=1S/C11H22N2/c1-8(2)9-5-11(6-9)13-4-3-10(12)7-13/h8-11H,3-7,12H2,1-2H3. The van der Waals surface area contributed by atoms with Gasteiger partial charge in [0.25, 0.3) is 0 Å². The number of nitrogens with two attached hydrogens (primary N) is 1. The molecule has 0 aromatic heterocycles. The average molecular weight is 182 g/mol. The zero-order chi connectivity index (χ0) is 9.42. The quantitative estimate of drug-likeness (QED) is 0.700. The Bertz CT molecular complexity index is 173. The molecule has 0 bridgehead atoms. The van der Waals surface area contributed by atoms with E-state index < -0.39 is 0 Å². The van der Waals surface area contributed by atoms with Crippen LogP contribution in [-0.4, -0.2) is 30.1 Å². The molecule has 2 nitrogen and oxygen atoms in total. The number of nitrogens with zero attached hydrogens (tertiary/aromatic N) is 1. The highest BCUT2D eigenvalue weighted by Gasteiger charge is 2.37. The van der Waals surface area contributed by atoms with Gasteiger partial charge in [-0.05, 0) is 31.1 Å². The van der Waals surface area contributed by atoms with Crippen molar-refractivity contribution in [1.82, 2.24) is 4.90 Å². The van der Waals surface area contributed by atoms with E-state index in [2.05, 4.69) is 18.7 Å². The van der Waals surface area contributed by atoms with Crippen molar-refractivity contribution in [1.29, 1.82) is 0 Å². The SMILES string of the molecule is CC(C)C1CC(N2CCC(N)C2)C1. The van der Waals surface area contributed by atoms with Crippen LogP contribution in [0, 0.1) is 11.8 Å². The summed E-state index contributed by atoms with van der Waals surface area (Å²) in [7, 11) is 0. The summed E-state index contributed by atoms with van der Waals surface area (Å²) in [5.41, 5.74) is 5.89. The second-order valence-corrected chi connectivity index (χ2v) is 5.17. The van der Waals surface area contributed by atoms with E-state index >= 15 is 0 Å². The monoisotopic (exact) mass is 182 g/mol. The van der Waals surface area contributed by atoms with Gasteiger partial charge in [0.1, 0.15) is 0 Å². The lowest BCUT2D eigenvalue weighted by Gasteiger charge is -2.43. The number of hydrogen-bond donors (Lipinski definition) is 1. The van der Waals surface area contributed by atoms with Crippen LogP contribution < -0.4 is 5.73 Å². The van der Waals surface area contributed by atoms with Crippen LogP contribution in [0.3, 0.4) is 0 Å². The van der Waals surface area contributed by atoms with Gasteiger partial charge in [-0.1, -0.05) is 13.8 Å². The Hall–Kier alpha value is -0.0800. The minimum Gasteiger partial charge on any atom is -0.326 e. The third-order valence-electron chi connectivity index (χ3n) is 3.86. The summed E-state index contributed by atoms with van der Waals surface area (Å²) >= 11 is 0. The molecule has 76 valence electrons. The Balaban J connectivity index is 1.74. The summed E-state index contributed by atoms with van der Waals surface area (Å²) in [5, 5.41) is 0. The van der Waals surface area contributed by atoms with Crippen LogP contribution >= 0.6 is 0 Å². The molecule has 2 rings (SSSR count). The molecule has 1 saturated carbocycles. The van der Waals surface area contributed by atoms with E-state index in [-0.39, 0.29) is 0 Å². The Morgan fingerprint density at radius 3 is 2.46 bits per heavy atom. The van der Waals surface area contributed by atoms with Crippen molar-refractivity contribution in [3.8, 4) is 0 Å². The number of rotatable bonds is 2. The van der Waals surface area contributed by atoms with Crippen LogP contribution in [0.1, 0.15) is 33.1 Å². The maximum atomic E-state index is 5.89. The Labute approximate surface area is 81.5 Å². The smallest absolute Gasteiger partial charge is 0.0180 e. The first-order chi connectivity index (χ1) is 6.16. The van der Waals surface area contributed by atoms with Crippen molar-refractivity contribution in [3.63, 3.8) is 0 Å². The van der Waals surface area contributed by atoms with Gasteiger partial charge in [0.15, 0.2) is 0 Å². The van der Waals surface area contributed by atoms with Crippen LogP contribution in [0.15, 0.2) is 0 Å². The van der Waals surface area contributed by atoms with Crippen molar-refractivity contribution in [2.75, 3.05) is 13.1 Å². The predicted molar refractivity (Wildman–Crippen MR) is 55.5 cm³/mol. The molecule has 1 aliphatic heterocycles. The molecule has 13 heavy (non-hydrogen) atoms. The Kier molecular flexibility index (Phi) is 2.61. The Morgan fingerprint density at radius 1 is 1.31 bits per heavy atom. The van der Waals surface area contributed by atoms with Gasteiger partial charge in [0.2, 0.25) is 0 Å². The molecule has 0 aromatic carbocycles. The third-order valence-corrected chi connectivity index (χ3v) is 3.86. The summed E-state index contributed by atoms with van der Waals surface area (Å²) < 4.78 is 0. The molecule has 1 saturated heterocycles. The minimum atomic E-state index is 0.457. The van der Waals surface area contributed by atoms with Crippen molar-refractivity contribution in [2.24, 2.45) is 17.6 Å². The van der Waals surface area contributed by atoms with E-state index in [0.29, 0.717) is 6.04 Å². The molecule has 0 radical (unpaired) electrons. The zero-order valence-electron chi connectivity index (χ0n) is 8.87. The van der Waals surface area contributed by atoms with Gasteiger partial charge in [-0.2, -0.15) is 0 Å². The molecular formula is C11H22N2. The second kappa shape index (κ2) is 3.58. The van der Waals surface area contributed by atoms with E-state index in [1.54, 1.807) is 0 Å². The summed E-state index contributed by atoms with van der Waals surface area (Å²) in [6, 6.07) is 1.33. The van der Waals surface area contributed by atoms with Gasteiger partial charge in [-0.3, -0.25) is 4.90 Å². The third kappa shape index (κ3) is 1.89. The fourth-order valence-corrected chi connectivity index (χ4v) is 2.62. The van der Waals surface area contributed by atoms with E-state index in [4.69, 9.17) is 5.73 Å². The average Bonchev–Trinajstić information content (AvgIpc) is 2.31. The molecule has 0 aromatic rings. The number of hydrogen-bond acceptors (Lipinski definition) is 2. The van der Waals surface area contributed by atoms with Crippen LogP contribution in [0.5, 0.6) is 0 Å². The van der Waals surface area contributed by atoms with Gasteiger partial charge in [-0.15, -0.1) is 0 Å². The summed E-state index contributed by atoms with van der Waals surface area (Å²) in [5.74, 6) is 1.87. The first-order valence-corrected chi connectivity index (χ1v) is 5.66. The maximum absolute atomic E-state index is 5.89. The normalized spacial score (nSPS) is 41.1. The van der Waals surface area contributed by atoms with E-state index in [9.17, 15) is 0 Å². The lowest BCUT2D eigenvalue weighted by Crippen LogP contribution is -2.45. The summed E-state index contributed by atoms with van der Waals surface area (Å²) in [6.07, 6.45) is 4.05. The zero-order valence-corrected chi connectivity index (χ0v) is 8.87. The molecule has 2 aliphatic rings. The van der Waals surface area contributed by atoms with Crippen LogP contribution in [0.4, 0.5) is 0 Å². The molecule has 2 fully saturated rings. The highest BCUT2D eigenvalue weighted by molar-refractivity contribution is 4.92. The lowest BCUT2D eigenvalue weighted by atomic mass is 9.73. The first-order valence-electron chi connectivity index (χ1n) is 5.66. The van der Waals surface area contributed by atoms with Crippen molar-refractivity contribution >= 4 is 0 Å². The van der Waals surface area contributed by atoms with Gasteiger partial charge >= 0.3 is 0 Å². The lowest BCUT2D eigenvalue weighted by molar-refractivity contribution is 0.0723. The van der Waals surface area contributed by atoms with E-state index in [1.165, 1.54) is 25.8 Å². The van der Waals surface area contributed by atoms with Crippen molar-refractivity contribution in [2.45, 2.75) is 45.2 Å². The Morgan fingerprint density at radius 2 is 2.00 bits per heavy atom. The second-order valence-electron chi connectivity index (χ2n) is 5.17. The van der Waals surface area contributed by atoms with Crippen LogP contribution in [0.25, 0.3) is 0 Å². The molecule has 1 atom stereocenters. The maximum Gasteiger partial charge on any atom is 0.0180 e. The van der Waals surface area contributed by atoms with Gasteiger partial charge in [-0.25, -0.2) is 0 Å². The van der Waals surface area contributed by atoms with Crippen LogP contribution in [0.2, 0.25) is 0 Å². The summed E-state index contributed by atoms with van der Waals surface area (Å²) in [6.45, 7) is 7.08. The van der Waals surface area contributed by atoms with E-state index in [0.717, 1.165) is 24.4 Å². The van der Waals surface area contributed by atoms with Gasteiger partial charge in [0.05, 0.1) is 0 Å². The van der Waals surface area contributed by atoms with Crippen LogP contribution in [-0.2, 0) is 0 Å². The molecule has 0 spiro atoms. The predicted octanol–water partition coefficient (Wildman–Crippen LogP) is 1.45. The minimum absolute atomic E-state index is 0.457. The van der Waals surface area contributed by atoms with Crippen molar-refractivity contribution < 1.29 is 0 Å². The fraction of sp³-hybridized carbons (Fsp3) is 1.00. The van der Waals surface area contributed by atoms with Crippen molar-refractivity contribution in [3.05, 3.63) is 0 Å². The van der Waals surface area contributed by atoms with E-state index in [1.807, 2.05) is 0 Å². The molecule has 1 heterocycles. The molecule has 2 heteroatoms. The molecule has 1 aliphatic carbocycles. The molecule has 1 unspecified atom stereocenters. The van der Waals surface area contributed by atoms with Gasteiger partial charge < -0.3 is 5.73 Å². The number of likely N-dealkylation sites (tertiary alicyclic amines) is 1. The highest BCUT2D eigenvalue weighted by atomic mass is 15.2. The first kappa shape index (κ1) is 9.47. The van der Waals surface area contributed by atoms with Gasteiger partial charge in [0, 0.05) is 25.2 Å². The summed E-state index contributed by atoms with van der Waals surface area (Å²) in [4.78, 5) is 2.60. The largest absolute Gasteiger partial charge is 0.326 e. The highest BCUT2D eigenvalue weighted by Crippen LogP contribution is 2.37. The molecular weight excluding hydrogens is 160 g/mol. The molecule has 2 N–H and O–H groups in total.